The first kappa shape index (κ1) is 20.8. The van der Waals surface area contributed by atoms with Gasteiger partial charge in [0.15, 0.2) is 5.69 Å². The van der Waals surface area contributed by atoms with Crippen molar-refractivity contribution in [2.24, 2.45) is 0 Å². The SMILES string of the molecule is CCN(CC)C(=O)c1cn(C2CCN(C(=O)c3cc4ccccc4oc3=O)CC2)nn1. The van der Waals surface area contributed by atoms with Crippen LogP contribution in [0.5, 0.6) is 0 Å². The van der Waals surface area contributed by atoms with Gasteiger partial charge in [-0.2, -0.15) is 0 Å². The maximum atomic E-state index is 12.9. The molecule has 0 aliphatic carbocycles. The lowest BCUT2D eigenvalue weighted by Gasteiger charge is -2.31. The fourth-order valence-corrected chi connectivity index (χ4v) is 3.94. The van der Waals surface area contributed by atoms with Gasteiger partial charge in [0, 0.05) is 31.6 Å². The number of amides is 2. The molecule has 1 aromatic carbocycles. The number of rotatable bonds is 5. The molecule has 162 valence electrons. The molecule has 0 saturated carbocycles. The van der Waals surface area contributed by atoms with E-state index in [0.717, 1.165) is 0 Å². The van der Waals surface area contributed by atoms with E-state index < -0.39 is 5.63 Å². The van der Waals surface area contributed by atoms with Gasteiger partial charge >= 0.3 is 5.63 Å². The highest BCUT2D eigenvalue weighted by Gasteiger charge is 2.28. The lowest BCUT2D eigenvalue weighted by Crippen LogP contribution is -2.40. The Kier molecular flexibility index (Phi) is 5.83. The van der Waals surface area contributed by atoms with Gasteiger partial charge in [-0.3, -0.25) is 9.59 Å². The second-order valence-corrected chi connectivity index (χ2v) is 7.57. The van der Waals surface area contributed by atoms with Gasteiger partial charge in [0.1, 0.15) is 11.1 Å². The van der Waals surface area contributed by atoms with Gasteiger partial charge in [-0.05, 0) is 38.8 Å². The molecule has 0 atom stereocenters. The van der Waals surface area contributed by atoms with E-state index in [9.17, 15) is 14.4 Å². The number of fused-ring (bicyclic) bond motifs is 1. The van der Waals surface area contributed by atoms with Crippen LogP contribution in [0.15, 0.2) is 45.7 Å². The highest BCUT2D eigenvalue weighted by Crippen LogP contribution is 2.23. The van der Waals surface area contributed by atoms with Crippen LogP contribution in [0.1, 0.15) is 53.6 Å². The van der Waals surface area contributed by atoms with Crippen molar-refractivity contribution in [3.8, 4) is 0 Å². The third kappa shape index (κ3) is 4.08. The maximum absolute atomic E-state index is 12.9. The Morgan fingerprint density at radius 1 is 1.16 bits per heavy atom. The molecule has 0 radical (unpaired) electrons. The molecule has 1 aliphatic heterocycles. The van der Waals surface area contributed by atoms with E-state index in [1.54, 1.807) is 38.9 Å². The molecular formula is C22H25N5O4. The Morgan fingerprint density at radius 2 is 1.87 bits per heavy atom. The molecular weight excluding hydrogens is 398 g/mol. The molecule has 2 aromatic heterocycles. The zero-order valence-corrected chi connectivity index (χ0v) is 17.7. The fourth-order valence-electron chi connectivity index (χ4n) is 3.94. The summed E-state index contributed by atoms with van der Waals surface area (Å²) in [4.78, 5) is 41.0. The van der Waals surface area contributed by atoms with Gasteiger partial charge in [0.05, 0.1) is 12.2 Å². The first-order chi connectivity index (χ1) is 15.0. The van der Waals surface area contributed by atoms with Crippen LogP contribution < -0.4 is 5.63 Å². The van der Waals surface area contributed by atoms with Gasteiger partial charge < -0.3 is 14.2 Å². The van der Waals surface area contributed by atoms with Crippen molar-refractivity contribution in [2.45, 2.75) is 32.7 Å². The number of hydrogen-bond acceptors (Lipinski definition) is 6. The summed E-state index contributed by atoms with van der Waals surface area (Å²) in [6, 6.07) is 8.76. The predicted molar refractivity (Wildman–Crippen MR) is 114 cm³/mol. The number of likely N-dealkylation sites (tertiary alicyclic amines) is 1. The number of benzene rings is 1. The largest absolute Gasteiger partial charge is 0.422 e. The third-order valence-corrected chi connectivity index (χ3v) is 5.78. The molecule has 3 aromatic rings. The van der Waals surface area contributed by atoms with Gasteiger partial charge in [0.25, 0.3) is 11.8 Å². The Morgan fingerprint density at radius 3 is 2.58 bits per heavy atom. The van der Waals surface area contributed by atoms with E-state index in [-0.39, 0.29) is 23.4 Å². The summed E-state index contributed by atoms with van der Waals surface area (Å²) in [5, 5.41) is 8.89. The Hall–Kier alpha value is -3.49. The van der Waals surface area contributed by atoms with E-state index in [2.05, 4.69) is 10.3 Å². The molecule has 9 heteroatoms. The molecule has 31 heavy (non-hydrogen) atoms. The van der Waals surface area contributed by atoms with E-state index in [0.29, 0.717) is 55.7 Å². The number of piperidine rings is 1. The van der Waals surface area contributed by atoms with Crippen LogP contribution in [0.2, 0.25) is 0 Å². The normalized spacial score (nSPS) is 14.7. The summed E-state index contributed by atoms with van der Waals surface area (Å²) < 4.78 is 7.01. The fraction of sp³-hybridized carbons (Fsp3) is 0.409. The number of carbonyl (C=O) groups is 2. The summed E-state index contributed by atoms with van der Waals surface area (Å²) in [6.45, 7) is 6.05. The average Bonchev–Trinajstić information content (AvgIpc) is 3.29. The molecule has 3 heterocycles. The monoisotopic (exact) mass is 423 g/mol. The molecule has 0 spiro atoms. The summed E-state index contributed by atoms with van der Waals surface area (Å²) in [6.07, 6.45) is 3.00. The maximum Gasteiger partial charge on any atom is 0.349 e. The number of para-hydroxylation sites is 1. The highest BCUT2D eigenvalue weighted by atomic mass is 16.4. The van der Waals surface area contributed by atoms with Crippen molar-refractivity contribution in [3.63, 3.8) is 0 Å². The molecule has 1 saturated heterocycles. The van der Waals surface area contributed by atoms with Crippen LogP contribution >= 0.6 is 0 Å². The molecule has 0 bridgehead atoms. The van der Waals surface area contributed by atoms with Crippen molar-refractivity contribution in [1.82, 2.24) is 24.8 Å². The lowest BCUT2D eigenvalue weighted by molar-refractivity contribution is 0.0685. The van der Waals surface area contributed by atoms with Crippen LogP contribution in [0, 0.1) is 0 Å². The number of hydrogen-bond donors (Lipinski definition) is 0. The van der Waals surface area contributed by atoms with Crippen LogP contribution in [-0.2, 0) is 0 Å². The lowest BCUT2D eigenvalue weighted by atomic mass is 10.0. The summed E-state index contributed by atoms with van der Waals surface area (Å²) in [5.74, 6) is -0.458. The minimum Gasteiger partial charge on any atom is -0.422 e. The van der Waals surface area contributed by atoms with E-state index in [4.69, 9.17) is 4.42 Å². The van der Waals surface area contributed by atoms with Crippen molar-refractivity contribution < 1.29 is 14.0 Å². The molecule has 1 fully saturated rings. The first-order valence-corrected chi connectivity index (χ1v) is 10.5. The van der Waals surface area contributed by atoms with Crippen molar-refractivity contribution in [2.75, 3.05) is 26.2 Å². The zero-order valence-electron chi connectivity index (χ0n) is 17.7. The second-order valence-electron chi connectivity index (χ2n) is 7.57. The smallest absolute Gasteiger partial charge is 0.349 e. The first-order valence-electron chi connectivity index (χ1n) is 10.5. The highest BCUT2D eigenvalue weighted by molar-refractivity contribution is 5.96. The van der Waals surface area contributed by atoms with Gasteiger partial charge in [-0.15, -0.1) is 5.10 Å². The Labute approximate surface area is 179 Å². The molecule has 0 unspecified atom stereocenters. The van der Waals surface area contributed by atoms with E-state index in [1.165, 1.54) is 0 Å². The Balaban J connectivity index is 1.43. The van der Waals surface area contributed by atoms with E-state index >= 15 is 0 Å². The summed E-state index contributed by atoms with van der Waals surface area (Å²) in [5.41, 5.74) is 0.214. The molecule has 4 rings (SSSR count). The second kappa shape index (κ2) is 8.71. The van der Waals surface area contributed by atoms with Crippen LogP contribution in [-0.4, -0.2) is 62.8 Å². The summed E-state index contributed by atoms with van der Waals surface area (Å²) in [7, 11) is 0. The van der Waals surface area contributed by atoms with Gasteiger partial charge in [-0.1, -0.05) is 23.4 Å². The standard InChI is InChI=1S/C22H25N5O4/c1-3-25(4-2)21(29)18-14-27(24-23-18)16-9-11-26(12-10-16)20(28)17-13-15-7-5-6-8-19(15)31-22(17)30/h5-8,13-14,16H,3-4,9-12H2,1-2H3. The number of carbonyl (C=O) groups excluding carboxylic acids is 2. The molecule has 0 N–H and O–H groups in total. The minimum atomic E-state index is -0.623. The zero-order chi connectivity index (χ0) is 22.0. The van der Waals surface area contributed by atoms with Crippen LogP contribution in [0.4, 0.5) is 0 Å². The van der Waals surface area contributed by atoms with Crippen molar-refractivity contribution in [3.05, 3.63) is 58.2 Å². The summed E-state index contributed by atoms with van der Waals surface area (Å²) >= 11 is 0. The van der Waals surface area contributed by atoms with Gasteiger partial charge in [-0.25, -0.2) is 9.48 Å². The minimum absolute atomic E-state index is 0.0443. The average molecular weight is 423 g/mol. The Bertz CT molecular complexity index is 1160. The van der Waals surface area contributed by atoms with Crippen molar-refractivity contribution in [1.29, 1.82) is 0 Å². The third-order valence-electron chi connectivity index (χ3n) is 5.78. The number of nitrogens with zero attached hydrogens (tertiary/aromatic N) is 5. The molecule has 2 amide bonds. The predicted octanol–water partition coefficient (Wildman–Crippen LogP) is 2.34. The molecule has 9 nitrogen and oxygen atoms in total. The van der Waals surface area contributed by atoms with Crippen LogP contribution in [0.3, 0.4) is 0 Å². The van der Waals surface area contributed by atoms with Gasteiger partial charge in [0.2, 0.25) is 0 Å². The van der Waals surface area contributed by atoms with Crippen molar-refractivity contribution >= 4 is 22.8 Å². The quantitative estimate of drug-likeness (QED) is 0.584. The molecule has 1 aliphatic rings. The topological polar surface area (TPSA) is 102 Å². The van der Waals surface area contributed by atoms with E-state index in [1.807, 2.05) is 26.0 Å². The number of aromatic nitrogens is 3. The van der Waals surface area contributed by atoms with Crippen LogP contribution in [0.25, 0.3) is 11.0 Å².